The molecule has 3 heteroatoms. The van der Waals surface area contributed by atoms with Gasteiger partial charge in [0.15, 0.2) is 0 Å². The van der Waals surface area contributed by atoms with Crippen molar-refractivity contribution in [2.75, 3.05) is 13.1 Å². The zero-order valence-corrected chi connectivity index (χ0v) is 17.5. The monoisotopic (exact) mass is 374 g/mol. The fourth-order valence-corrected chi connectivity index (χ4v) is 2.53. The summed E-state index contributed by atoms with van der Waals surface area (Å²) in [5.74, 6) is 0.155. The first kappa shape index (κ1) is 25.4. The van der Waals surface area contributed by atoms with Gasteiger partial charge in [0.1, 0.15) is 0 Å². The second-order valence-electron chi connectivity index (χ2n) is 6.83. The van der Waals surface area contributed by atoms with Crippen molar-refractivity contribution in [3.63, 3.8) is 0 Å². The summed E-state index contributed by atoms with van der Waals surface area (Å²) in [6, 6.07) is 0. The molecule has 0 atom stereocenters. The number of nitrogens with one attached hydrogen (secondary N) is 1. The Morgan fingerprint density at radius 1 is 0.741 bits per heavy atom. The van der Waals surface area contributed by atoms with Gasteiger partial charge in [-0.3, -0.25) is 4.79 Å². The second-order valence-corrected chi connectivity index (χ2v) is 6.83. The highest BCUT2D eigenvalue weighted by atomic mass is 16.1. The van der Waals surface area contributed by atoms with Crippen molar-refractivity contribution in [1.29, 1.82) is 0 Å². The van der Waals surface area contributed by atoms with Gasteiger partial charge < -0.3 is 11.1 Å². The number of amides is 1. The Hall–Kier alpha value is -1.61. The van der Waals surface area contributed by atoms with E-state index in [0.717, 1.165) is 51.5 Å². The molecule has 154 valence electrons. The first-order valence-electron chi connectivity index (χ1n) is 10.9. The van der Waals surface area contributed by atoms with E-state index in [1.54, 1.807) is 0 Å². The maximum Gasteiger partial charge on any atom is 0.220 e. The lowest BCUT2D eigenvalue weighted by molar-refractivity contribution is -0.121. The molecule has 0 aliphatic heterocycles. The molecule has 3 nitrogen and oxygen atoms in total. The second kappa shape index (κ2) is 22.4. The van der Waals surface area contributed by atoms with Gasteiger partial charge in [0, 0.05) is 13.0 Å². The maximum atomic E-state index is 11.6. The molecule has 0 aromatic rings. The third-order valence-electron chi connectivity index (χ3n) is 4.19. The number of rotatable bonds is 18. The van der Waals surface area contributed by atoms with Gasteiger partial charge in [-0.2, -0.15) is 0 Å². The molecule has 0 unspecified atom stereocenters. The summed E-state index contributed by atoms with van der Waals surface area (Å²) >= 11 is 0. The zero-order chi connectivity index (χ0) is 19.8. The van der Waals surface area contributed by atoms with Crippen LogP contribution in [0.15, 0.2) is 48.6 Å². The van der Waals surface area contributed by atoms with Gasteiger partial charge >= 0.3 is 0 Å². The first-order valence-corrected chi connectivity index (χ1v) is 10.9. The molecule has 3 N–H and O–H groups in total. The lowest BCUT2D eigenvalue weighted by Crippen LogP contribution is -2.24. The van der Waals surface area contributed by atoms with Crippen molar-refractivity contribution in [2.24, 2.45) is 5.73 Å². The van der Waals surface area contributed by atoms with E-state index in [4.69, 9.17) is 5.73 Å². The number of nitrogens with two attached hydrogens (primary N) is 1. The molecule has 0 bridgehead atoms. The van der Waals surface area contributed by atoms with Crippen molar-refractivity contribution >= 4 is 5.91 Å². The van der Waals surface area contributed by atoms with E-state index in [2.05, 4.69) is 60.8 Å². The molecule has 0 saturated carbocycles. The first-order chi connectivity index (χ1) is 13.3. The highest BCUT2D eigenvalue weighted by molar-refractivity contribution is 5.75. The molecular weight excluding hydrogens is 332 g/mol. The van der Waals surface area contributed by atoms with Crippen LogP contribution in [0.5, 0.6) is 0 Å². The van der Waals surface area contributed by atoms with Crippen molar-refractivity contribution in [3.05, 3.63) is 48.6 Å². The minimum absolute atomic E-state index is 0.155. The van der Waals surface area contributed by atoms with E-state index < -0.39 is 0 Å². The van der Waals surface area contributed by atoms with Gasteiger partial charge in [0.2, 0.25) is 5.91 Å². The summed E-state index contributed by atoms with van der Waals surface area (Å²) in [5.41, 5.74) is 5.42. The minimum Gasteiger partial charge on any atom is -0.356 e. The summed E-state index contributed by atoms with van der Waals surface area (Å²) in [7, 11) is 0. The van der Waals surface area contributed by atoms with Crippen LogP contribution in [0.4, 0.5) is 0 Å². The van der Waals surface area contributed by atoms with Gasteiger partial charge in [-0.15, -0.1) is 0 Å². The predicted molar refractivity (Wildman–Crippen MR) is 120 cm³/mol. The zero-order valence-electron chi connectivity index (χ0n) is 17.5. The average molecular weight is 375 g/mol. The predicted octanol–water partition coefficient (Wildman–Crippen LogP) is 5.99. The Morgan fingerprint density at radius 3 is 1.85 bits per heavy atom. The summed E-state index contributed by atoms with van der Waals surface area (Å²) in [5, 5.41) is 2.93. The minimum atomic E-state index is 0.155. The van der Waals surface area contributed by atoms with Crippen LogP contribution in [0.1, 0.15) is 84.0 Å². The third-order valence-corrected chi connectivity index (χ3v) is 4.19. The van der Waals surface area contributed by atoms with Gasteiger partial charge in [0.05, 0.1) is 0 Å². The van der Waals surface area contributed by atoms with Crippen LogP contribution in [-0.4, -0.2) is 19.0 Å². The van der Waals surface area contributed by atoms with Crippen LogP contribution < -0.4 is 11.1 Å². The normalized spacial score (nSPS) is 12.2. The van der Waals surface area contributed by atoms with E-state index in [1.807, 2.05) is 0 Å². The Bertz CT molecular complexity index is 436. The lowest BCUT2D eigenvalue weighted by atomic mass is 10.2. The molecule has 0 radical (unpaired) electrons. The molecule has 0 fully saturated rings. The van der Waals surface area contributed by atoms with Gasteiger partial charge in [-0.25, -0.2) is 0 Å². The van der Waals surface area contributed by atoms with Crippen LogP contribution in [-0.2, 0) is 4.79 Å². The van der Waals surface area contributed by atoms with Crippen LogP contribution in [0, 0.1) is 0 Å². The molecule has 0 aromatic carbocycles. The highest BCUT2D eigenvalue weighted by Gasteiger charge is 1.98. The number of carbonyl (C=O) groups excluding carboxylic acids is 1. The van der Waals surface area contributed by atoms with Crippen molar-refractivity contribution in [2.45, 2.75) is 84.0 Å². The molecule has 0 aliphatic carbocycles. The molecule has 0 saturated heterocycles. The van der Waals surface area contributed by atoms with E-state index in [-0.39, 0.29) is 5.91 Å². The number of hydrogen-bond acceptors (Lipinski definition) is 2. The van der Waals surface area contributed by atoms with E-state index >= 15 is 0 Å². The van der Waals surface area contributed by atoms with E-state index in [9.17, 15) is 4.79 Å². The molecule has 0 rings (SSSR count). The quantitative estimate of drug-likeness (QED) is 0.229. The van der Waals surface area contributed by atoms with Crippen molar-refractivity contribution in [1.82, 2.24) is 5.32 Å². The topological polar surface area (TPSA) is 55.1 Å². The number of hydrogen-bond donors (Lipinski definition) is 2. The highest BCUT2D eigenvalue weighted by Crippen LogP contribution is 2.01. The van der Waals surface area contributed by atoms with Crippen LogP contribution in [0.25, 0.3) is 0 Å². The van der Waals surface area contributed by atoms with Crippen molar-refractivity contribution < 1.29 is 4.79 Å². The summed E-state index contributed by atoms with van der Waals surface area (Å²) < 4.78 is 0. The fraction of sp³-hybridized carbons (Fsp3) is 0.625. The SMILES string of the molecule is CCCCC/C=C\C/C=C\C/C=C\C/C=C\CCCC(=O)NCCCCN. The molecular formula is C24H42N2O. The van der Waals surface area contributed by atoms with Crippen LogP contribution in [0.3, 0.4) is 0 Å². The maximum absolute atomic E-state index is 11.6. The Balaban J connectivity index is 3.44. The van der Waals surface area contributed by atoms with Crippen LogP contribution >= 0.6 is 0 Å². The van der Waals surface area contributed by atoms with Gasteiger partial charge in [-0.05, 0) is 64.3 Å². The third kappa shape index (κ3) is 22.3. The number of allylic oxidation sites excluding steroid dienone is 8. The largest absolute Gasteiger partial charge is 0.356 e. The lowest BCUT2D eigenvalue weighted by Gasteiger charge is -2.03. The standard InChI is InChI=1S/C24H42N2O/c1-2-3-4-5-6-7-8-9-10-11-12-13-14-15-16-17-18-21-24(27)26-23-20-19-22-25/h6-7,9-10,12-13,15-16H,2-5,8,11,14,17-23,25H2,1H3,(H,26,27)/b7-6-,10-9-,13-12-,16-15-. The van der Waals surface area contributed by atoms with Gasteiger partial charge in [-0.1, -0.05) is 68.4 Å². The average Bonchev–Trinajstić information content (AvgIpc) is 2.67. The smallest absolute Gasteiger partial charge is 0.220 e. The molecule has 0 aromatic heterocycles. The Labute approximate surface area is 167 Å². The van der Waals surface area contributed by atoms with E-state index in [0.29, 0.717) is 13.0 Å². The summed E-state index contributed by atoms with van der Waals surface area (Å²) in [6.45, 7) is 3.69. The summed E-state index contributed by atoms with van der Waals surface area (Å²) in [6.07, 6.45) is 30.4. The summed E-state index contributed by atoms with van der Waals surface area (Å²) in [4.78, 5) is 11.6. The Kier molecular flexibility index (Phi) is 21.1. The van der Waals surface area contributed by atoms with E-state index in [1.165, 1.54) is 25.7 Å². The molecule has 0 spiro atoms. The fourth-order valence-electron chi connectivity index (χ4n) is 2.53. The molecule has 27 heavy (non-hydrogen) atoms. The molecule has 0 aliphatic rings. The number of carbonyl (C=O) groups is 1. The van der Waals surface area contributed by atoms with Crippen molar-refractivity contribution in [3.8, 4) is 0 Å². The Morgan fingerprint density at radius 2 is 1.30 bits per heavy atom. The number of unbranched alkanes of at least 4 members (excludes halogenated alkanes) is 5. The molecule has 0 heterocycles. The van der Waals surface area contributed by atoms with Crippen LogP contribution in [0.2, 0.25) is 0 Å². The van der Waals surface area contributed by atoms with Gasteiger partial charge in [0.25, 0.3) is 0 Å². The molecule has 1 amide bonds.